The SMILES string of the molecule is O=C(O)c1sc2c(ccc(=O)n2-c2ccc3[nH]ccc3c2)c1-c1ccccc1. The predicted molar refractivity (Wildman–Crippen MR) is 112 cm³/mol. The Balaban J connectivity index is 1.87. The molecule has 0 amide bonds. The van der Waals surface area contributed by atoms with E-state index in [1.54, 1.807) is 10.6 Å². The highest BCUT2D eigenvalue weighted by Crippen LogP contribution is 2.39. The molecule has 2 N–H and O–H groups in total. The highest BCUT2D eigenvalue weighted by molar-refractivity contribution is 7.21. The van der Waals surface area contributed by atoms with Crippen LogP contribution in [-0.2, 0) is 0 Å². The number of hydrogen-bond donors (Lipinski definition) is 2. The standard InChI is InChI=1S/C22H14N2O3S/c25-18-9-7-16-19(13-4-2-1-3-5-13)20(22(26)27)28-21(16)24(18)15-6-8-17-14(12-15)10-11-23-17/h1-12,23H,(H,26,27). The molecular formula is C22H14N2O3S. The van der Waals surface area contributed by atoms with E-state index in [-0.39, 0.29) is 10.4 Å². The maximum Gasteiger partial charge on any atom is 0.346 e. The lowest BCUT2D eigenvalue weighted by molar-refractivity contribution is 0.0703. The third-order valence-corrected chi connectivity index (χ3v) is 5.97. The molecule has 0 saturated heterocycles. The van der Waals surface area contributed by atoms with E-state index in [0.717, 1.165) is 33.2 Å². The summed E-state index contributed by atoms with van der Waals surface area (Å²) >= 11 is 1.13. The van der Waals surface area contributed by atoms with Crippen LogP contribution in [-0.4, -0.2) is 20.6 Å². The number of carbonyl (C=O) groups is 1. The fourth-order valence-corrected chi connectivity index (χ4v) is 4.73. The van der Waals surface area contributed by atoms with Crippen molar-refractivity contribution in [3.63, 3.8) is 0 Å². The summed E-state index contributed by atoms with van der Waals surface area (Å²) in [4.78, 5) is 28.7. The van der Waals surface area contributed by atoms with Gasteiger partial charge in [-0.1, -0.05) is 30.3 Å². The first-order chi connectivity index (χ1) is 13.6. The van der Waals surface area contributed by atoms with E-state index in [1.165, 1.54) is 6.07 Å². The third-order valence-electron chi connectivity index (χ3n) is 4.79. The molecule has 5 aromatic rings. The van der Waals surface area contributed by atoms with Crippen molar-refractivity contribution in [2.75, 3.05) is 0 Å². The zero-order valence-electron chi connectivity index (χ0n) is 14.5. The van der Waals surface area contributed by atoms with Crippen LogP contribution in [0.3, 0.4) is 0 Å². The Hall–Kier alpha value is -3.64. The van der Waals surface area contributed by atoms with Crippen LogP contribution >= 0.6 is 11.3 Å². The van der Waals surface area contributed by atoms with Gasteiger partial charge in [-0.15, -0.1) is 11.3 Å². The highest BCUT2D eigenvalue weighted by Gasteiger charge is 2.22. The van der Waals surface area contributed by atoms with Gasteiger partial charge in [-0.3, -0.25) is 9.36 Å². The first-order valence-electron chi connectivity index (χ1n) is 8.68. The van der Waals surface area contributed by atoms with Gasteiger partial charge in [0.15, 0.2) is 0 Å². The topological polar surface area (TPSA) is 75.1 Å². The number of nitrogens with one attached hydrogen (secondary N) is 1. The van der Waals surface area contributed by atoms with Gasteiger partial charge < -0.3 is 10.1 Å². The van der Waals surface area contributed by atoms with Gasteiger partial charge in [0.2, 0.25) is 0 Å². The highest BCUT2D eigenvalue weighted by atomic mass is 32.1. The summed E-state index contributed by atoms with van der Waals surface area (Å²) in [5, 5.41) is 11.5. The minimum atomic E-state index is -1.000. The van der Waals surface area contributed by atoms with Crippen molar-refractivity contribution in [3.05, 3.63) is 88.2 Å². The fraction of sp³-hybridized carbons (Fsp3) is 0. The second kappa shape index (κ2) is 6.21. The second-order valence-electron chi connectivity index (χ2n) is 6.45. The maximum atomic E-state index is 12.7. The molecule has 28 heavy (non-hydrogen) atoms. The Kier molecular flexibility index (Phi) is 3.67. The van der Waals surface area contributed by atoms with Crippen LogP contribution in [0.4, 0.5) is 0 Å². The monoisotopic (exact) mass is 386 g/mol. The lowest BCUT2D eigenvalue weighted by Gasteiger charge is -2.08. The lowest BCUT2D eigenvalue weighted by Crippen LogP contribution is -2.16. The fourth-order valence-electron chi connectivity index (χ4n) is 3.55. The van der Waals surface area contributed by atoms with E-state index in [9.17, 15) is 14.7 Å². The van der Waals surface area contributed by atoms with E-state index in [4.69, 9.17) is 0 Å². The molecule has 0 bridgehead atoms. The number of aromatic nitrogens is 2. The second-order valence-corrected chi connectivity index (χ2v) is 7.45. The van der Waals surface area contributed by atoms with Crippen molar-refractivity contribution in [2.24, 2.45) is 0 Å². The smallest absolute Gasteiger partial charge is 0.346 e. The van der Waals surface area contributed by atoms with Crippen LogP contribution in [0.25, 0.3) is 37.9 Å². The summed E-state index contributed by atoms with van der Waals surface area (Å²) < 4.78 is 1.59. The minimum Gasteiger partial charge on any atom is -0.477 e. The molecule has 0 atom stereocenters. The van der Waals surface area contributed by atoms with Gasteiger partial charge in [-0.05, 0) is 35.9 Å². The number of aromatic amines is 1. The van der Waals surface area contributed by atoms with Gasteiger partial charge in [0.1, 0.15) is 9.71 Å². The molecule has 6 heteroatoms. The molecule has 2 aromatic carbocycles. The van der Waals surface area contributed by atoms with E-state index in [1.807, 2.05) is 60.8 Å². The number of nitrogens with zero attached hydrogens (tertiary/aromatic N) is 1. The Morgan fingerprint density at radius 3 is 2.61 bits per heavy atom. The molecule has 3 heterocycles. The Morgan fingerprint density at radius 2 is 1.82 bits per heavy atom. The number of carboxylic acids is 1. The Bertz CT molecular complexity index is 1410. The number of pyridine rings is 1. The number of thiophene rings is 1. The molecule has 0 saturated carbocycles. The van der Waals surface area contributed by atoms with Gasteiger partial charge in [0, 0.05) is 34.1 Å². The van der Waals surface area contributed by atoms with E-state index in [0.29, 0.717) is 16.1 Å². The van der Waals surface area contributed by atoms with Crippen molar-refractivity contribution in [3.8, 4) is 16.8 Å². The maximum absolute atomic E-state index is 12.7. The zero-order chi connectivity index (χ0) is 19.3. The molecule has 0 aliphatic rings. The largest absolute Gasteiger partial charge is 0.477 e. The molecule has 3 aromatic heterocycles. The normalized spacial score (nSPS) is 11.3. The molecule has 5 rings (SSSR count). The first-order valence-corrected chi connectivity index (χ1v) is 9.50. The molecule has 5 nitrogen and oxygen atoms in total. The van der Waals surface area contributed by atoms with Gasteiger partial charge in [-0.2, -0.15) is 0 Å². The minimum absolute atomic E-state index is 0.194. The van der Waals surface area contributed by atoms with Crippen molar-refractivity contribution >= 4 is 38.4 Å². The van der Waals surface area contributed by atoms with Gasteiger partial charge in [-0.25, -0.2) is 4.79 Å². The summed E-state index contributed by atoms with van der Waals surface area (Å²) in [7, 11) is 0. The number of H-pyrrole nitrogens is 1. The molecule has 0 radical (unpaired) electrons. The Labute approximate surface area is 163 Å². The van der Waals surface area contributed by atoms with Crippen LogP contribution in [0, 0.1) is 0 Å². The van der Waals surface area contributed by atoms with Gasteiger partial charge in [0.05, 0.1) is 5.69 Å². The molecule has 0 aliphatic heterocycles. The van der Waals surface area contributed by atoms with Crippen LogP contribution < -0.4 is 5.56 Å². The summed E-state index contributed by atoms with van der Waals surface area (Å²) in [6, 6.07) is 20.3. The third kappa shape index (κ3) is 2.46. The lowest BCUT2D eigenvalue weighted by atomic mass is 10.0. The van der Waals surface area contributed by atoms with E-state index >= 15 is 0 Å². The number of rotatable bonds is 3. The number of hydrogen-bond acceptors (Lipinski definition) is 3. The van der Waals surface area contributed by atoms with Gasteiger partial charge in [0.25, 0.3) is 5.56 Å². The quantitative estimate of drug-likeness (QED) is 0.463. The number of aromatic carboxylic acids is 1. The average molecular weight is 386 g/mol. The van der Waals surface area contributed by atoms with Crippen LogP contribution in [0.1, 0.15) is 9.67 Å². The predicted octanol–water partition coefficient (Wildman–Crippen LogP) is 4.90. The molecule has 136 valence electrons. The van der Waals surface area contributed by atoms with E-state index < -0.39 is 5.97 Å². The summed E-state index contributed by atoms with van der Waals surface area (Å²) in [5.74, 6) is -1.000. The number of benzene rings is 2. The van der Waals surface area contributed by atoms with Crippen LogP contribution in [0.2, 0.25) is 0 Å². The number of carboxylic acid groups (broad SMARTS) is 1. The van der Waals surface area contributed by atoms with Crippen molar-refractivity contribution in [2.45, 2.75) is 0 Å². The first kappa shape index (κ1) is 16.5. The molecule has 0 fully saturated rings. The van der Waals surface area contributed by atoms with Gasteiger partial charge >= 0.3 is 5.97 Å². The van der Waals surface area contributed by atoms with E-state index in [2.05, 4.69) is 4.98 Å². The number of fused-ring (bicyclic) bond motifs is 2. The summed E-state index contributed by atoms with van der Waals surface area (Å²) in [5.41, 5.74) is 2.95. The summed E-state index contributed by atoms with van der Waals surface area (Å²) in [6.45, 7) is 0. The summed E-state index contributed by atoms with van der Waals surface area (Å²) in [6.07, 6.45) is 1.85. The molecular weight excluding hydrogens is 372 g/mol. The zero-order valence-corrected chi connectivity index (χ0v) is 15.4. The van der Waals surface area contributed by atoms with Crippen LogP contribution in [0.5, 0.6) is 0 Å². The van der Waals surface area contributed by atoms with Crippen molar-refractivity contribution in [1.29, 1.82) is 0 Å². The Morgan fingerprint density at radius 1 is 1.00 bits per heavy atom. The molecule has 0 unspecified atom stereocenters. The average Bonchev–Trinajstić information content (AvgIpc) is 3.32. The molecule has 0 aliphatic carbocycles. The molecule has 0 spiro atoms. The van der Waals surface area contributed by atoms with Crippen LogP contribution in [0.15, 0.2) is 77.7 Å². The van der Waals surface area contributed by atoms with Crippen molar-refractivity contribution < 1.29 is 9.90 Å². The van der Waals surface area contributed by atoms with Crippen molar-refractivity contribution in [1.82, 2.24) is 9.55 Å².